The van der Waals surface area contributed by atoms with Gasteiger partial charge in [0.1, 0.15) is 8.07 Å². The standard InChI is InChI=1S/C9H19NSSi2/c1-12(2,3)8-7-10-9(11-8)13(4,5)6/h7H,1-6H3. The first-order valence-electron chi connectivity index (χ1n) is 4.68. The summed E-state index contributed by atoms with van der Waals surface area (Å²) in [6, 6.07) is 0. The van der Waals surface area contributed by atoms with E-state index in [1.807, 2.05) is 11.3 Å². The first-order valence-corrected chi connectivity index (χ1v) is 12.5. The molecule has 0 radical (unpaired) electrons. The van der Waals surface area contributed by atoms with E-state index < -0.39 is 16.1 Å². The maximum absolute atomic E-state index is 4.57. The summed E-state index contributed by atoms with van der Waals surface area (Å²) < 4.78 is 2.95. The highest BCUT2D eigenvalue weighted by molar-refractivity contribution is 7.34. The first-order chi connectivity index (χ1) is 5.71. The third-order valence-corrected chi connectivity index (χ3v) is 9.82. The number of aromatic nitrogens is 1. The van der Waals surface area contributed by atoms with E-state index in [9.17, 15) is 0 Å². The quantitative estimate of drug-likeness (QED) is 0.709. The van der Waals surface area contributed by atoms with Crippen molar-refractivity contribution in [1.82, 2.24) is 4.98 Å². The van der Waals surface area contributed by atoms with Gasteiger partial charge in [0, 0.05) is 10.7 Å². The van der Waals surface area contributed by atoms with Crippen molar-refractivity contribution in [3.8, 4) is 0 Å². The van der Waals surface area contributed by atoms with Crippen LogP contribution >= 0.6 is 11.3 Å². The highest BCUT2D eigenvalue weighted by Crippen LogP contribution is 2.08. The van der Waals surface area contributed by atoms with Gasteiger partial charge in [-0.05, 0) is 0 Å². The Morgan fingerprint density at radius 1 is 1.00 bits per heavy atom. The zero-order valence-electron chi connectivity index (χ0n) is 9.43. The molecule has 0 unspecified atom stereocenters. The summed E-state index contributed by atoms with van der Waals surface area (Å²) in [6.07, 6.45) is 2.12. The molecule has 0 aliphatic heterocycles. The van der Waals surface area contributed by atoms with Gasteiger partial charge < -0.3 is 0 Å². The maximum atomic E-state index is 4.57. The molecule has 0 aliphatic carbocycles. The smallest absolute Gasteiger partial charge is 0.114 e. The third-order valence-electron chi connectivity index (χ3n) is 1.89. The summed E-state index contributed by atoms with van der Waals surface area (Å²) in [4.78, 5) is 4.57. The van der Waals surface area contributed by atoms with E-state index in [4.69, 9.17) is 0 Å². The second-order valence-corrected chi connectivity index (χ2v) is 17.3. The van der Waals surface area contributed by atoms with Crippen molar-refractivity contribution in [3.63, 3.8) is 0 Å². The molecule has 0 aromatic carbocycles. The van der Waals surface area contributed by atoms with Gasteiger partial charge in [-0.2, -0.15) is 0 Å². The Hall–Kier alpha value is 0.0638. The summed E-state index contributed by atoms with van der Waals surface area (Å²) in [7, 11) is -2.27. The van der Waals surface area contributed by atoms with Gasteiger partial charge in [0.15, 0.2) is 0 Å². The van der Waals surface area contributed by atoms with E-state index in [1.54, 1.807) is 4.50 Å². The van der Waals surface area contributed by atoms with Crippen LogP contribution in [0.4, 0.5) is 0 Å². The molecule has 0 spiro atoms. The second kappa shape index (κ2) is 3.33. The van der Waals surface area contributed by atoms with Gasteiger partial charge in [-0.3, -0.25) is 4.98 Å². The average molecular weight is 229 g/mol. The normalized spacial score (nSPS) is 13.4. The largest absolute Gasteiger partial charge is 0.255 e. The fourth-order valence-electron chi connectivity index (χ4n) is 0.968. The molecule has 0 N–H and O–H groups in total. The lowest BCUT2D eigenvalue weighted by atomic mass is 11.0. The van der Waals surface area contributed by atoms with Crippen molar-refractivity contribution >= 4 is 36.6 Å². The minimum Gasteiger partial charge on any atom is -0.255 e. The molecule has 1 aromatic rings. The molecule has 13 heavy (non-hydrogen) atoms. The van der Waals surface area contributed by atoms with Gasteiger partial charge in [-0.1, -0.05) is 39.3 Å². The lowest BCUT2D eigenvalue weighted by Gasteiger charge is -2.13. The maximum Gasteiger partial charge on any atom is 0.114 e. The zero-order chi connectivity index (χ0) is 10.3. The van der Waals surface area contributed by atoms with Crippen molar-refractivity contribution < 1.29 is 0 Å². The Morgan fingerprint density at radius 3 is 1.77 bits per heavy atom. The zero-order valence-corrected chi connectivity index (χ0v) is 12.2. The topological polar surface area (TPSA) is 12.9 Å². The summed E-state index contributed by atoms with van der Waals surface area (Å²) in [5, 5.41) is 0. The number of rotatable bonds is 2. The predicted octanol–water partition coefficient (Wildman–Crippen LogP) is 2.23. The molecule has 0 bridgehead atoms. The lowest BCUT2D eigenvalue weighted by molar-refractivity contribution is 1.45. The van der Waals surface area contributed by atoms with Crippen molar-refractivity contribution in [2.45, 2.75) is 39.3 Å². The van der Waals surface area contributed by atoms with E-state index in [2.05, 4.69) is 50.5 Å². The number of hydrogen-bond donors (Lipinski definition) is 0. The van der Waals surface area contributed by atoms with Crippen molar-refractivity contribution in [2.75, 3.05) is 0 Å². The fourth-order valence-corrected chi connectivity index (χ4v) is 5.67. The molecule has 4 heteroatoms. The molecule has 0 saturated carbocycles. The van der Waals surface area contributed by atoms with Gasteiger partial charge in [0.2, 0.25) is 0 Å². The molecule has 0 saturated heterocycles. The van der Waals surface area contributed by atoms with Crippen LogP contribution in [-0.4, -0.2) is 21.1 Å². The van der Waals surface area contributed by atoms with E-state index in [0.717, 1.165) is 0 Å². The SMILES string of the molecule is C[Si](C)(C)c1cnc([Si](C)(C)C)s1. The van der Waals surface area contributed by atoms with Gasteiger partial charge >= 0.3 is 0 Å². The summed E-state index contributed by atoms with van der Waals surface area (Å²) in [5.41, 5.74) is 0. The Bertz CT molecular complexity index is 265. The summed E-state index contributed by atoms with van der Waals surface area (Å²) in [5.74, 6) is 0. The minimum absolute atomic E-state index is 1.11. The number of hydrogen-bond acceptors (Lipinski definition) is 2. The van der Waals surface area contributed by atoms with Crippen LogP contribution < -0.4 is 9.13 Å². The van der Waals surface area contributed by atoms with Crippen LogP contribution in [0.3, 0.4) is 0 Å². The molecule has 74 valence electrons. The molecule has 1 nitrogen and oxygen atoms in total. The highest BCUT2D eigenvalue weighted by atomic mass is 32.1. The van der Waals surface area contributed by atoms with Crippen LogP contribution in [0.25, 0.3) is 0 Å². The summed E-state index contributed by atoms with van der Waals surface area (Å²) >= 11 is 1.96. The monoisotopic (exact) mass is 229 g/mol. The fraction of sp³-hybridized carbons (Fsp3) is 0.667. The molecule has 0 amide bonds. The average Bonchev–Trinajstić information content (AvgIpc) is 2.28. The number of thiazole rings is 1. The van der Waals surface area contributed by atoms with Crippen LogP contribution in [0.15, 0.2) is 6.20 Å². The van der Waals surface area contributed by atoms with Gasteiger partial charge in [0.05, 0.1) is 12.7 Å². The Morgan fingerprint density at radius 2 is 1.54 bits per heavy atom. The van der Waals surface area contributed by atoms with Gasteiger partial charge in [0.25, 0.3) is 0 Å². The van der Waals surface area contributed by atoms with Crippen LogP contribution in [0.2, 0.25) is 39.3 Å². The molecule has 0 fully saturated rings. The van der Waals surface area contributed by atoms with E-state index in [-0.39, 0.29) is 0 Å². The Kier molecular flexibility index (Phi) is 2.85. The van der Waals surface area contributed by atoms with Crippen molar-refractivity contribution in [2.24, 2.45) is 0 Å². The van der Waals surface area contributed by atoms with Crippen molar-refractivity contribution in [1.29, 1.82) is 0 Å². The molecular formula is C9H19NSSi2. The van der Waals surface area contributed by atoms with Crippen LogP contribution in [0, 0.1) is 0 Å². The van der Waals surface area contributed by atoms with Crippen molar-refractivity contribution in [3.05, 3.63) is 6.20 Å². The number of nitrogens with zero attached hydrogens (tertiary/aromatic N) is 1. The lowest BCUT2D eigenvalue weighted by Crippen LogP contribution is -2.38. The van der Waals surface area contributed by atoms with E-state index in [0.29, 0.717) is 0 Å². The highest BCUT2D eigenvalue weighted by Gasteiger charge is 2.25. The molecular weight excluding hydrogens is 210 g/mol. The first kappa shape index (κ1) is 11.1. The van der Waals surface area contributed by atoms with Crippen LogP contribution in [0.1, 0.15) is 0 Å². The molecule has 0 aliphatic rings. The Balaban J connectivity index is 3.01. The van der Waals surface area contributed by atoms with E-state index in [1.165, 1.54) is 4.63 Å². The van der Waals surface area contributed by atoms with Gasteiger partial charge in [-0.25, -0.2) is 0 Å². The second-order valence-electron chi connectivity index (χ2n) is 5.53. The molecule has 0 atom stereocenters. The van der Waals surface area contributed by atoms with Crippen LogP contribution in [0.5, 0.6) is 0 Å². The Labute approximate surface area is 87.2 Å². The molecule has 1 heterocycles. The minimum atomic E-state index is -1.16. The van der Waals surface area contributed by atoms with Gasteiger partial charge in [-0.15, -0.1) is 11.3 Å². The van der Waals surface area contributed by atoms with Crippen LogP contribution in [-0.2, 0) is 0 Å². The molecule has 1 aromatic heterocycles. The third kappa shape index (κ3) is 2.75. The molecule has 1 rings (SSSR count). The summed E-state index contributed by atoms with van der Waals surface area (Å²) in [6.45, 7) is 14.2. The predicted molar refractivity (Wildman–Crippen MR) is 68.1 cm³/mol. The van der Waals surface area contributed by atoms with E-state index >= 15 is 0 Å².